The predicted molar refractivity (Wildman–Crippen MR) is 73.5 cm³/mol. The number of methoxy groups -OCH3 is 1. The maximum absolute atomic E-state index is 12.4. The van der Waals surface area contributed by atoms with E-state index in [4.69, 9.17) is 9.84 Å². The normalized spacial score (nSPS) is 12.0. The average molecular weight is 287 g/mol. The van der Waals surface area contributed by atoms with Crippen molar-refractivity contribution in [2.24, 2.45) is 0 Å². The molecule has 108 valence electrons. The smallest absolute Gasteiger partial charge is 0.243 e. The van der Waals surface area contributed by atoms with Crippen molar-refractivity contribution in [3.63, 3.8) is 0 Å². The number of aryl methyl sites for hydroxylation is 1. The minimum atomic E-state index is -3.57. The van der Waals surface area contributed by atoms with Crippen molar-refractivity contribution in [3.8, 4) is 0 Å². The van der Waals surface area contributed by atoms with Crippen molar-refractivity contribution in [3.05, 3.63) is 29.8 Å². The summed E-state index contributed by atoms with van der Waals surface area (Å²) in [7, 11) is -2.05. The molecule has 0 bridgehead atoms. The highest BCUT2D eigenvalue weighted by molar-refractivity contribution is 7.89. The van der Waals surface area contributed by atoms with E-state index >= 15 is 0 Å². The SMILES string of the molecule is CCc1ccc(S(=O)(=O)N(CCO)CCOC)cc1. The monoisotopic (exact) mass is 287 g/mol. The van der Waals surface area contributed by atoms with Gasteiger partial charge in [-0.15, -0.1) is 0 Å². The molecule has 0 radical (unpaired) electrons. The second-order valence-electron chi connectivity index (χ2n) is 4.12. The first-order valence-electron chi connectivity index (χ1n) is 6.25. The Bertz CT molecular complexity index is 470. The van der Waals surface area contributed by atoms with E-state index in [-0.39, 0.29) is 24.6 Å². The van der Waals surface area contributed by atoms with Gasteiger partial charge in [0.1, 0.15) is 0 Å². The standard InChI is InChI=1S/C13H21NO4S/c1-3-12-4-6-13(7-5-12)19(16,17)14(8-10-15)9-11-18-2/h4-7,15H,3,8-11H2,1-2H3. The van der Waals surface area contributed by atoms with Crippen molar-refractivity contribution in [2.45, 2.75) is 18.2 Å². The number of benzene rings is 1. The van der Waals surface area contributed by atoms with Crippen LogP contribution in [0.4, 0.5) is 0 Å². The van der Waals surface area contributed by atoms with Crippen LogP contribution in [-0.4, -0.2) is 51.2 Å². The molecule has 6 heteroatoms. The second-order valence-corrected chi connectivity index (χ2v) is 6.06. The molecule has 0 aromatic heterocycles. The summed E-state index contributed by atoms with van der Waals surface area (Å²) in [4.78, 5) is 0.245. The molecule has 0 saturated carbocycles. The summed E-state index contributed by atoms with van der Waals surface area (Å²) in [5, 5.41) is 8.98. The number of nitrogens with zero attached hydrogens (tertiary/aromatic N) is 1. The first kappa shape index (κ1) is 16.1. The van der Waals surface area contributed by atoms with Crippen LogP contribution in [0.3, 0.4) is 0 Å². The molecule has 0 aliphatic heterocycles. The Morgan fingerprint density at radius 3 is 2.32 bits per heavy atom. The van der Waals surface area contributed by atoms with Gasteiger partial charge in [-0.2, -0.15) is 4.31 Å². The average Bonchev–Trinajstić information content (AvgIpc) is 2.43. The Morgan fingerprint density at radius 1 is 1.21 bits per heavy atom. The van der Waals surface area contributed by atoms with Crippen LogP contribution in [0.25, 0.3) is 0 Å². The van der Waals surface area contributed by atoms with E-state index < -0.39 is 10.0 Å². The third kappa shape index (κ3) is 4.28. The van der Waals surface area contributed by atoms with Crippen molar-refractivity contribution >= 4 is 10.0 Å². The summed E-state index contributed by atoms with van der Waals surface area (Å²) in [6.07, 6.45) is 0.865. The van der Waals surface area contributed by atoms with Gasteiger partial charge in [-0.1, -0.05) is 19.1 Å². The summed E-state index contributed by atoms with van der Waals surface area (Å²) in [5.74, 6) is 0. The highest BCUT2D eigenvalue weighted by atomic mass is 32.2. The lowest BCUT2D eigenvalue weighted by atomic mass is 10.2. The number of rotatable bonds is 8. The molecule has 0 heterocycles. The number of hydrogen-bond donors (Lipinski definition) is 1. The van der Waals surface area contributed by atoms with Crippen molar-refractivity contribution in [2.75, 3.05) is 33.4 Å². The Morgan fingerprint density at radius 2 is 1.84 bits per heavy atom. The number of sulfonamides is 1. The molecule has 0 atom stereocenters. The van der Waals surface area contributed by atoms with Crippen LogP contribution in [0, 0.1) is 0 Å². The van der Waals surface area contributed by atoms with E-state index in [9.17, 15) is 8.42 Å². The summed E-state index contributed by atoms with van der Waals surface area (Å²) in [6.45, 7) is 2.40. The molecule has 0 spiro atoms. The summed E-state index contributed by atoms with van der Waals surface area (Å²) >= 11 is 0. The van der Waals surface area contributed by atoms with Gasteiger partial charge < -0.3 is 9.84 Å². The van der Waals surface area contributed by atoms with Gasteiger partial charge in [0.25, 0.3) is 0 Å². The molecule has 0 unspecified atom stereocenters. The summed E-state index contributed by atoms with van der Waals surface area (Å²) in [6, 6.07) is 6.82. The molecule has 1 aromatic carbocycles. The molecule has 0 saturated heterocycles. The second kappa shape index (κ2) is 7.59. The van der Waals surface area contributed by atoms with E-state index in [2.05, 4.69) is 0 Å². The molecule has 5 nitrogen and oxygen atoms in total. The fourth-order valence-corrected chi connectivity index (χ4v) is 3.12. The van der Waals surface area contributed by atoms with Crippen LogP contribution < -0.4 is 0 Å². The van der Waals surface area contributed by atoms with Crippen molar-refractivity contribution < 1.29 is 18.3 Å². The van der Waals surface area contributed by atoms with Crippen LogP contribution in [0.2, 0.25) is 0 Å². The van der Waals surface area contributed by atoms with Crippen LogP contribution in [0.5, 0.6) is 0 Å². The fourth-order valence-electron chi connectivity index (χ4n) is 1.70. The zero-order valence-corrected chi connectivity index (χ0v) is 12.2. The van der Waals surface area contributed by atoms with Crippen molar-refractivity contribution in [1.82, 2.24) is 4.31 Å². The van der Waals surface area contributed by atoms with Gasteiger partial charge in [-0.3, -0.25) is 0 Å². The number of hydrogen-bond acceptors (Lipinski definition) is 4. The molecular weight excluding hydrogens is 266 g/mol. The Hall–Kier alpha value is -0.950. The highest BCUT2D eigenvalue weighted by Gasteiger charge is 2.23. The van der Waals surface area contributed by atoms with Gasteiger partial charge in [0.05, 0.1) is 18.1 Å². The van der Waals surface area contributed by atoms with Gasteiger partial charge in [-0.25, -0.2) is 8.42 Å². The molecule has 0 amide bonds. The van der Waals surface area contributed by atoms with E-state index in [1.807, 2.05) is 6.92 Å². The quantitative estimate of drug-likeness (QED) is 0.771. The third-order valence-corrected chi connectivity index (χ3v) is 4.78. The van der Waals surface area contributed by atoms with Gasteiger partial charge >= 0.3 is 0 Å². The minimum absolute atomic E-state index is 0.0707. The van der Waals surface area contributed by atoms with E-state index in [0.717, 1.165) is 12.0 Å². The van der Waals surface area contributed by atoms with Crippen LogP contribution in [0.15, 0.2) is 29.2 Å². The minimum Gasteiger partial charge on any atom is -0.395 e. The molecule has 1 aromatic rings. The molecular formula is C13H21NO4S. The first-order chi connectivity index (χ1) is 9.06. The summed E-state index contributed by atoms with van der Waals surface area (Å²) in [5.41, 5.74) is 1.09. The summed E-state index contributed by atoms with van der Waals surface area (Å²) < 4.78 is 30.9. The van der Waals surface area contributed by atoms with E-state index in [1.165, 1.54) is 11.4 Å². The number of ether oxygens (including phenoxy) is 1. The maximum Gasteiger partial charge on any atom is 0.243 e. The van der Waals surface area contributed by atoms with Gasteiger partial charge in [0.15, 0.2) is 0 Å². The van der Waals surface area contributed by atoms with Gasteiger partial charge in [-0.05, 0) is 24.1 Å². The predicted octanol–water partition coefficient (Wildman–Crippen LogP) is 0.878. The van der Waals surface area contributed by atoms with Crippen LogP contribution in [-0.2, 0) is 21.2 Å². The topological polar surface area (TPSA) is 66.8 Å². The number of aliphatic hydroxyl groups excluding tert-OH is 1. The lowest BCUT2D eigenvalue weighted by Gasteiger charge is -2.21. The number of aliphatic hydroxyl groups is 1. The Kier molecular flexibility index (Phi) is 6.44. The van der Waals surface area contributed by atoms with Crippen LogP contribution in [0.1, 0.15) is 12.5 Å². The third-order valence-electron chi connectivity index (χ3n) is 2.86. The zero-order valence-electron chi connectivity index (χ0n) is 11.4. The van der Waals surface area contributed by atoms with Gasteiger partial charge in [0, 0.05) is 20.2 Å². The molecule has 0 aliphatic rings. The highest BCUT2D eigenvalue weighted by Crippen LogP contribution is 2.16. The first-order valence-corrected chi connectivity index (χ1v) is 7.69. The van der Waals surface area contributed by atoms with E-state index in [0.29, 0.717) is 6.61 Å². The molecule has 0 aliphatic carbocycles. The molecule has 19 heavy (non-hydrogen) atoms. The molecule has 0 fully saturated rings. The van der Waals surface area contributed by atoms with E-state index in [1.54, 1.807) is 24.3 Å². The lowest BCUT2D eigenvalue weighted by molar-refractivity contribution is 0.168. The van der Waals surface area contributed by atoms with Crippen molar-refractivity contribution in [1.29, 1.82) is 0 Å². The van der Waals surface area contributed by atoms with Crippen LogP contribution >= 0.6 is 0 Å². The Labute approximate surface area is 114 Å². The Balaban J connectivity index is 2.96. The zero-order chi connectivity index (χ0) is 14.3. The fraction of sp³-hybridized carbons (Fsp3) is 0.538. The molecule has 1 rings (SSSR count). The largest absolute Gasteiger partial charge is 0.395 e. The van der Waals surface area contributed by atoms with Gasteiger partial charge in [0.2, 0.25) is 10.0 Å². The molecule has 1 N–H and O–H groups in total. The maximum atomic E-state index is 12.4. The lowest BCUT2D eigenvalue weighted by Crippen LogP contribution is -2.36.